The highest BCUT2D eigenvalue weighted by molar-refractivity contribution is 5.66. The van der Waals surface area contributed by atoms with Crippen LogP contribution >= 0.6 is 0 Å². The maximum Gasteiger partial charge on any atom is 0.304 e. The fourth-order valence-corrected chi connectivity index (χ4v) is 1.24. The van der Waals surface area contributed by atoms with Crippen LogP contribution in [0.25, 0.3) is 0 Å². The van der Waals surface area contributed by atoms with Gasteiger partial charge in [0.15, 0.2) is 0 Å². The van der Waals surface area contributed by atoms with Gasteiger partial charge in [0.25, 0.3) is 0 Å². The molecule has 0 rings (SSSR count). The highest BCUT2D eigenvalue weighted by Gasteiger charge is 2.05. The van der Waals surface area contributed by atoms with E-state index in [2.05, 4.69) is 5.32 Å². The van der Waals surface area contributed by atoms with Crippen molar-refractivity contribution in [3.05, 3.63) is 0 Å². The maximum absolute atomic E-state index is 10.4. The number of nitrogens with two attached hydrogens (primary N) is 2. The molecule has 0 aliphatic carbocycles. The number of aliphatic carboxylic acids is 1. The summed E-state index contributed by atoms with van der Waals surface area (Å²) in [4.78, 5) is 12.4. The van der Waals surface area contributed by atoms with Gasteiger partial charge >= 0.3 is 5.97 Å². The lowest BCUT2D eigenvalue weighted by Gasteiger charge is -2.20. The summed E-state index contributed by atoms with van der Waals surface area (Å²) in [5.74, 6) is -0.771. The van der Waals surface area contributed by atoms with Gasteiger partial charge in [0.2, 0.25) is 0 Å². The highest BCUT2D eigenvalue weighted by atomic mass is 16.4. The summed E-state index contributed by atoms with van der Waals surface area (Å²) in [7, 11) is 0. The van der Waals surface area contributed by atoms with Gasteiger partial charge in [-0.05, 0) is 0 Å². The van der Waals surface area contributed by atoms with Gasteiger partial charge in [-0.15, -0.1) is 0 Å². The number of nitrogens with zero attached hydrogens (tertiary/aromatic N) is 1. The van der Waals surface area contributed by atoms with Gasteiger partial charge < -0.3 is 26.8 Å². The van der Waals surface area contributed by atoms with Gasteiger partial charge in [-0.25, -0.2) is 0 Å². The van der Waals surface area contributed by atoms with Crippen molar-refractivity contribution in [2.75, 3.05) is 45.8 Å². The topological polar surface area (TPSA) is 105 Å². The molecule has 0 aromatic heterocycles. The third kappa shape index (κ3) is 9.61. The molecule has 90 valence electrons. The molecule has 0 aromatic rings. The van der Waals surface area contributed by atoms with E-state index >= 15 is 0 Å². The lowest BCUT2D eigenvalue weighted by molar-refractivity contribution is -0.137. The highest BCUT2D eigenvalue weighted by Crippen LogP contribution is 1.90. The van der Waals surface area contributed by atoms with Gasteiger partial charge in [-0.3, -0.25) is 4.79 Å². The van der Waals surface area contributed by atoms with Crippen molar-refractivity contribution in [1.82, 2.24) is 10.2 Å². The third-order valence-corrected chi connectivity index (χ3v) is 2.01. The average molecular weight is 218 g/mol. The number of hydrogen-bond acceptors (Lipinski definition) is 5. The monoisotopic (exact) mass is 218 g/mol. The van der Waals surface area contributed by atoms with Crippen LogP contribution in [0.5, 0.6) is 0 Å². The van der Waals surface area contributed by atoms with Crippen LogP contribution in [0, 0.1) is 0 Å². The van der Waals surface area contributed by atoms with Crippen LogP contribution in [0.3, 0.4) is 0 Å². The summed E-state index contributed by atoms with van der Waals surface area (Å²) in [5.41, 5.74) is 10.8. The van der Waals surface area contributed by atoms with Crippen LogP contribution in [0.2, 0.25) is 0 Å². The lowest BCUT2D eigenvalue weighted by atomic mass is 10.3. The molecule has 0 saturated carbocycles. The van der Waals surface area contributed by atoms with Gasteiger partial charge in [0.1, 0.15) is 0 Å². The van der Waals surface area contributed by atoms with E-state index in [1.807, 2.05) is 4.90 Å². The first-order valence-corrected chi connectivity index (χ1v) is 5.25. The minimum absolute atomic E-state index is 0.164. The van der Waals surface area contributed by atoms with E-state index in [1.54, 1.807) is 0 Å². The second-order valence-corrected chi connectivity index (χ2v) is 3.31. The van der Waals surface area contributed by atoms with E-state index in [9.17, 15) is 4.79 Å². The van der Waals surface area contributed by atoms with Crippen molar-refractivity contribution < 1.29 is 9.90 Å². The van der Waals surface area contributed by atoms with Crippen LogP contribution in [0.4, 0.5) is 0 Å². The van der Waals surface area contributed by atoms with Crippen LogP contribution < -0.4 is 16.8 Å². The second kappa shape index (κ2) is 9.85. The standard InChI is InChI=1S/C9H22N4O2/c10-2-4-12-5-8-13(7-3-11)6-1-9(14)15/h12H,1-8,10-11H2,(H,14,15). The summed E-state index contributed by atoms with van der Waals surface area (Å²) < 4.78 is 0. The minimum Gasteiger partial charge on any atom is -0.481 e. The van der Waals surface area contributed by atoms with Gasteiger partial charge in [0.05, 0.1) is 6.42 Å². The molecule has 6 N–H and O–H groups in total. The molecule has 0 unspecified atom stereocenters. The molecule has 0 aliphatic heterocycles. The number of rotatable bonds is 10. The smallest absolute Gasteiger partial charge is 0.304 e. The molecule has 0 aromatic carbocycles. The van der Waals surface area contributed by atoms with Crippen molar-refractivity contribution in [3.8, 4) is 0 Å². The van der Waals surface area contributed by atoms with Crippen molar-refractivity contribution in [2.45, 2.75) is 6.42 Å². The maximum atomic E-state index is 10.4. The molecule has 0 bridgehead atoms. The first-order valence-electron chi connectivity index (χ1n) is 5.25. The normalized spacial score (nSPS) is 10.9. The molecular weight excluding hydrogens is 196 g/mol. The summed E-state index contributed by atoms with van der Waals surface area (Å²) in [6.45, 7) is 4.87. The van der Waals surface area contributed by atoms with E-state index in [0.29, 0.717) is 19.6 Å². The fourth-order valence-electron chi connectivity index (χ4n) is 1.24. The van der Waals surface area contributed by atoms with Crippen LogP contribution in [0.1, 0.15) is 6.42 Å². The van der Waals surface area contributed by atoms with Crippen LogP contribution in [0.15, 0.2) is 0 Å². The minimum atomic E-state index is -0.771. The number of carboxylic acids is 1. The Hall–Kier alpha value is -0.690. The number of nitrogens with one attached hydrogen (secondary N) is 1. The molecule has 0 atom stereocenters. The van der Waals surface area contributed by atoms with E-state index in [1.165, 1.54) is 0 Å². The van der Waals surface area contributed by atoms with E-state index in [4.69, 9.17) is 16.6 Å². The largest absolute Gasteiger partial charge is 0.481 e. The molecule has 6 heteroatoms. The van der Waals surface area contributed by atoms with Crippen molar-refractivity contribution in [2.24, 2.45) is 11.5 Å². The quantitative estimate of drug-likeness (QED) is 0.325. The predicted octanol–water partition coefficient (Wildman–Crippen LogP) is -1.73. The zero-order valence-corrected chi connectivity index (χ0v) is 9.11. The Bertz CT molecular complexity index is 166. The number of hydrogen-bond donors (Lipinski definition) is 4. The Morgan fingerprint density at radius 2 is 1.87 bits per heavy atom. The average Bonchev–Trinajstić information content (AvgIpc) is 2.20. The summed E-state index contributed by atoms with van der Waals surface area (Å²) in [6.07, 6.45) is 0.164. The number of carboxylic acid groups (broad SMARTS) is 1. The van der Waals surface area contributed by atoms with Gasteiger partial charge in [-0.2, -0.15) is 0 Å². The Morgan fingerprint density at radius 3 is 2.40 bits per heavy atom. The Balaban J connectivity index is 3.57. The third-order valence-electron chi connectivity index (χ3n) is 2.01. The summed E-state index contributed by atoms with van der Waals surface area (Å²) in [6, 6.07) is 0. The molecule has 0 fully saturated rings. The van der Waals surface area contributed by atoms with Crippen molar-refractivity contribution in [1.29, 1.82) is 0 Å². The SMILES string of the molecule is NCCNCCN(CCN)CCC(=O)O. The van der Waals surface area contributed by atoms with E-state index in [0.717, 1.165) is 26.2 Å². The van der Waals surface area contributed by atoms with Crippen LogP contribution in [-0.2, 0) is 4.79 Å². The predicted molar refractivity (Wildman–Crippen MR) is 59.7 cm³/mol. The van der Waals surface area contributed by atoms with E-state index in [-0.39, 0.29) is 6.42 Å². The Morgan fingerprint density at radius 1 is 1.13 bits per heavy atom. The Labute approximate surface area is 90.6 Å². The molecule has 0 amide bonds. The zero-order chi connectivity index (χ0) is 11.5. The van der Waals surface area contributed by atoms with E-state index < -0.39 is 5.97 Å². The molecule has 15 heavy (non-hydrogen) atoms. The second-order valence-electron chi connectivity index (χ2n) is 3.31. The van der Waals surface area contributed by atoms with Gasteiger partial charge in [0, 0.05) is 45.8 Å². The molecule has 0 heterocycles. The zero-order valence-electron chi connectivity index (χ0n) is 9.11. The molecular formula is C9H22N4O2. The fraction of sp³-hybridized carbons (Fsp3) is 0.889. The van der Waals surface area contributed by atoms with Gasteiger partial charge in [-0.1, -0.05) is 0 Å². The first kappa shape index (κ1) is 14.3. The lowest BCUT2D eigenvalue weighted by Crippen LogP contribution is -2.38. The van der Waals surface area contributed by atoms with Crippen LogP contribution in [-0.4, -0.2) is 61.8 Å². The van der Waals surface area contributed by atoms with Crippen molar-refractivity contribution >= 4 is 5.97 Å². The number of carbonyl (C=O) groups is 1. The molecule has 0 spiro atoms. The summed E-state index contributed by atoms with van der Waals surface area (Å²) >= 11 is 0. The first-order chi connectivity index (χ1) is 7.20. The Kier molecular flexibility index (Phi) is 9.40. The molecule has 0 radical (unpaired) electrons. The molecule has 6 nitrogen and oxygen atoms in total. The molecule has 0 saturated heterocycles. The summed E-state index contributed by atoms with van der Waals surface area (Å²) in [5, 5.41) is 11.7. The molecule has 0 aliphatic rings. The van der Waals surface area contributed by atoms with Crippen molar-refractivity contribution in [3.63, 3.8) is 0 Å².